The maximum absolute atomic E-state index is 11.9. The number of nitrogens with one attached hydrogen (secondary N) is 2. The summed E-state index contributed by atoms with van der Waals surface area (Å²) in [6, 6.07) is 9.56. The first-order valence-electron chi connectivity index (χ1n) is 13.8. The monoisotopic (exact) mass is 578 g/mol. The summed E-state index contributed by atoms with van der Waals surface area (Å²) in [5.74, 6) is -0.102. The average Bonchev–Trinajstić information content (AvgIpc) is 3.36. The number of urea groups is 1. The Labute approximate surface area is 244 Å². The molecule has 0 bridgehead atoms. The van der Waals surface area contributed by atoms with Crippen molar-refractivity contribution in [3.63, 3.8) is 0 Å². The van der Waals surface area contributed by atoms with Gasteiger partial charge in [0.2, 0.25) is 0 Å². The number of carbonyl (C=O) groups excluding carboxylic acids is 1. The molecule has 0 saturated carbocycles. The van der Waals surface area contributed by atoms with Gasteiger partial charge in [0.1, 0.15) is 5.82 Å². The maximum atomic E-state index is 11.9. The van der Waals surface area contributed by atoms with Gasteiger partial charge in [-0.25, -0.2) is 24.5 Å². The Morgan fingerprint density at radius 2 is 1.71 bits per heavy atom. The van der Waals surface area contributed by atoms with Gasteiger partial charge < -0.3 is 15.2 Å². The zero-order chi connectivity index (χ0) is 29.8. The van der Waals surface area contributed by atoms with Crippen molar-refractivity contribution in [3.8, 4) is 22.4 Å². The highest BCUT2D eigenvalue weighted by molar-refractivity contribution is 7.22. The van der Waals surface area contributed by atoms with Crippen molar-refractivity contribution in [1.82, 2.24) is 25.3 Å². The summed E-state index contributed by atoms with van der Waals surface area (Å²) in [7, 11) is 0. The largest absolute Gasteiger partial charge is 0.479 e. The van der Waals surface area contributed by atoms with E-state index in [2.05, 4.69) is 36.6 Å². The molecular weight excluding hydrogens is 540 g/mol. The van der Waals surface area contributed by atoms with Gasteiger partial charge in [0, 0.05) is 42.9 Å². The molecular formula is C30H38N6O4S. The lowest BCUT2D eigenvalue weighted by Gasteiger charge is -2.28. The minimum absolute atomic E-state index is 0.270. The topological polar surface area (TPSA) is 139 Å². The van der Waals surface area contributed by atoms with E-state index in [0.29, 0.717) is 31.1 Å². The van der Waals surface area contributed by atoms with Crippen molar-refractivity contribution >= 4 is 38.7 Å². The van der Waals surface area contributed by atoms with Crippen LogP contribution in [0.4, 0.5) is 9.93 Å². The summed E-state index contributed by atoms with van der Waals surface area (Å²) in [5.41, 5.74) is 3.50. The smallest absolute Gasteiger partial charge is 0.335 e. The van der Waals surface area contributed by atoms with Gasteiger partial charge in [0.15, 0.2) is 10.7 Å². The van der Waals surface area contributed by atoms with Crippen LogP contribution in [0.1, 0.15) is 59.2 Å². The van der Waals surface area contributed by atoms with Crippen molar-refractivity contribution in [2.45, 2.75) is 65.9 Å². The third-order valence-corrected chi connectivity index (χ3v) is 7.24. The molecule has 11 heteroatoms. The number of hydrogen-bond donors (Lipinski definition) is 3. The molecule has 0 aliphatic heterocycles. The molecule has 0 aliphatic carbocycles. The molecule has 3 N–H and O–H groups in total. The number of rotatable bonds is 11. The van der Waals surface area contributed by atoms with Crippen molar-refractivity contribution in [1.29, 1.82) is 0 Å². The molecule has 0 aliphatic rings. The van der Waals surface area contributed by atoms with Crippen LogP contribution in [0.25, 0.3) is 32.6 Å². The number of aliphatic carboxylic acids is 1. The van der Waals surface area contributed by atoms with Gasteiger partial charge in [-0.05, 0) is 63.4 Å². The molecule has 0 unspecified atom stereocenters. The summed E-state index contributed by atoms with van der Waals surface area (Å²) in [6.07, 6.45) is 8.24. The molecule has 0 radical (unpaired) electrons. The van der Waals surface area contributed by atoms with Crippen molar-refractivity contribution < 1.29 is 19.4 Å². The molecule has 10 nitrogen and oxygen atoms in total. The van der Waals surface area contributed by atoms with Crippen LogP contribution < -0.4 is 10.6 Å². The second-order valence-electron chi connectivity index (χ2n) is 9.34. The lowest BCUT2D eigenvalue weighted by atomic mass is 9.92. The van der Waals surface area contributed by atoms with Crippen molar-refractivity contribution in [2.24, 2.45) is 0 Å². The molecule has 4 aromatic rings. The van der Waals surface area contributed by atoms with E-state index in [4.69, 9.17) is 9.84 Å². The highest BCUT2D eigenvalue weighted by atomic mass is 32.1. The normalized spacial score (nSPS) is 11.0. The number of aromatic nitrogens is 4. The molecule has 0 spiro atoms. The van der Waals surface area contributed by atoms with Crippen molar-refractivity contribution in [3.05, 3.63) is 54.7 Å². The van der Waals surface area contributed by atoms with Gasteiger partial charge in [0.25, 0.3) is 0 Å². The summed E-state index contributed by atoms with van der Waals surface area (Å²) < 4.78 is 6.33. The van der Waals surface area contributed by atoms with Crippen LogP contribution in [0.3, 0.4) is 0 Å². The number of hydrogen-bond acceptors (Lipinski definition) is 8. The van der Waals surface area contributed by atoms with Crippen LogP contribution in [0.5, 0.6) is 0 Å². The standard InChI is InChI=1S/C20H18N6OS.C10H20O3/c1-3-21-19(27)26-20-25-17-9-13(14-10-23-12(2)24-11-14)8-15(18(17)28-20)16-6-4-5-7-22-16;1-4-7-10(8-5-2,9(11)12)13-6-3/h4-11H,3H2,1-2H3,(H2,21,25,26,27);4-8H2,1-3H3,(H,11,12). The Bertz CT molecular complexity index is 1410. The summed E-state index contributed by atoms with van der Waals surface area (Å²) in [4.78, 5) is 40.6. The van der Waals surface area contributed by atoms with E-state index >= 15 is 0 Å². The molecule has 0 saturated heterocycles. The SMILES string of the molecule is CCCC(CCC)(OCC)C(=O)O.CCNC(=O)Nc1nc2cc(-c3cnc(C)nc3)cc(-c3ccccn3)c2s1. The van der Waals surface area contributed by atoms with E-state index < -0.39 is 11.6 Å². The first-order chi connectivity index (χ1) is 19.8. The summed E-state index contributed by atoms with van der Waals surface area (Å²) in [6.45, 7) is 10.5. The van der Waals surface area contributed by atoms with Crippen LogP contribution in [-0.2, 0) is 9.53 Å². The minimum atomic E-state index is -0.932. The highest BCUT2D eigenvalue weighted by Crippen LogP contribution is 2.38. The zero-order valence-corrected chi connectivity index (χ0v) is 25.0. The van der Waals surface area contributed by atoms with E-state index in [1.54, 1.807) is 18.6 Å². The third kappa shape index (κ3) is 8.27. The predicted octanol–water partition coefficient (Wildman–Crippen LogP) is 6.71. The first kappa shape index (κ1) is 31.6. The summed E-state index contributed by atoms with van der Waals surface area (Å²) in [5, 5.41) is 15.1. The number of anilines is 1. The van der Waals surface area contributed by atoms with Crippen LogP contribution in [-0.4, -0.2) is 55.8 Å². The number of carboxylic acid groups (broad SMARTS) is 1. The third-order valence-electron chi connectivity index (χ3n) is 6.22. The molecule has 0 atom stereocenters. The molecule has 1 aromatic carbocycles. The number of nitrogens with zero attached hydrogens (tertiary/aromatic N) is 4. The number of benzene rings is 1. The number of aryl methyl sites for hydroxylation is 1. The fraction of sp³-hybridized carbons (Fsp3) is 0.400. The van der Waals surface area contributed by atoms with E-state index in [1.807, 2.05) is 58.9 Å². The quantitative estimate of drug-likeness (QED) is 0.178. The van der Waals surface area contributed by atoms with E-state index in [0.717, 1.165) is 51.3 Å². The second-order valence-corrected chi connectivity index (χ2v) is 10.3. The van der Waals surface area contributed by atoms with Crippen LogP contribution in [0, 0.1) is 6.92 Å². The number of carboxylic acids is 1. The Balaban J connectivity index is 0.000000302. The van der Waals surface area contributed by atoms with Crippen molar-refractivity contribution in [2.75, 3.05) is 18.5 Å². The van der Waals surface area contributed by atoms with Gasteiger partial charge in [0.05, 0.1) is 15.9 Å². The average molecular weight is 579 g/mol. The van der Waals surface area contributed by atoms with E-state index in [-0.39, 0.29) is 6.03 Å². The fourth-order valence-corrected chi connectivity index (χ4v) is 5.40. The number of fused-ring (bicyclic) bond motifs is 1. The number of carbonyl (C=O) groups is 2. The molecule has 218 valence electrons. The van der Waals surface area contributed by atoms with Gasteiger partial charge in [-0.3, -0.25) is 10.3 Å². The molecule has 3 aromatic heterocycles. The number of ether oxygens (including phenoxy) is 1. The predicted molar refractivity (Wildman–Crippen MR) is 163 cm³/mol. The lowest BCUT2D eigenvalue weighted by molar-refractivity contribution is -0.167. The van der Waals surface area contributed by atoms with Gasteiger partial charge in [-0.15, -0.1) is 0 Å². The maximum Gasteiger partial charge on any atom is 0.335 e. The molecule has 3 heterocycles. The van der Waals surface area contributed by atoms with Crippen LogP contribution in [0.15, 0.2) is 48.9 Å². The zero-order valence-electron chi connectivity index (χ0n) is 24.2. The Hall–Kier alpha value is -3.96. The van der Waals surface area contributed by atoms with Gasteiger partial charge in [-0.1, -0.05) is 44.1 Å². The Morgan fingerprint density at radius 3 is 2.27 bits per heavy atom. The number of thiazole rings is 1. The summed E-state index contributed by atoms with van der Waals surface area (Å²) >= 11 is 1.42. The van der Waals surface area contributed by atoms with Crippen LogP contribution in [0.2, 0.25) is 0 Å². The molecule has 0 fully saturated rings. The fourth-order valence-electron chi connectivity index (χ4n) is 4.44. The second kappa shape index (κ2) is 15.2. The number of amides is 2. The first-order valence-corrected chi connectivity index (χ1v) is 14.7. The molecule has 41 heavy (non-hydrogen) atoms. The number of pyridine rings is 1. The Morgan fingerprint density at radius 1 is 1.00 bits per heavy atom. The minimum Gasteiger partial charge on any atom is -0.479 e. The lowest BCUT2D eigenvalue weighted by Crippen LogP contribution is -2.41. The molecule has 2 amide bonds. The van der Waals surface area contributed by atoms with E-state index in [9.17, 15) is 9.59 Å². The van der Waals surface area contributed by atoms with Gasteiger partial charge >= 0.3 is 12.0 Å². The van der Waals surface area contributed by atoms with E-state index in [1.165, 1.54) is 11.3 Å². The van der Waals surface area contributed by atoms with Gasteiger partial charge in [-0.2, -0.15) is 0 Å². The Kier molecular flexibility index (Phi) is 11.7. The van der Waals surface area contributed by atoms with Crippen LogP contribution >= 0.6 is 11.3 Å². The molecule has 4 rings (SSSR count). The highest BCUT2D eigenvalue weighted by Gasteiger charge is 2.37.